The second-order valence-electron chi connectivity index (χ2n) is 9.97. The highest BCUT2D eigenvalue weighted by atomic mass is 35.5. The molecule has 44 heavy (non-hydrogen) atoms. The fourth-order valence-electron chi connectivity index (χ4n) is 4.79. The van der Waals surface area contributed by atoms with Gasteiger partial charge in [0.1, 0.15) is 8.64 Å². The number of halogens is 2. The summed E-state index contributed by atoms with van der Waals surface area (Å²) >= 11 is 25.6. The van der Waals surface area contributed by atoms with E-state index in [-0.39, 0.29) is 49.6 Å². The molecule has 2 aromatic carbocycles. The van der Waals surface area contributed by atoms with Crippen LogP contribution in [0.2, 0.25) is 10.0 Å². The number of carbonyl (C=O) groups is 4. The minimum atomic E-state index is -0.246. The number of thiocarbonyl (C=S) groups is 2. The van der Waals surface area contributed by atoms with Gasteiger partial charge in [-0.1, -0.05) is 108 Å². The van der Waals surface area contributed by atoms with E-state index in [0.29, 0.717) is 54.7 Å². The van der Waals surface area contributed by atoms with Gasteiger partial charge in [-0.15, -0.1) is 0 Å². The van der Waals surface area contributed by atoms with Gasteiger partial charge < -0.3 is 9.80 Å². The van der Waals surface area contributed by atoms with Crippen LogP contribution in [0, 0.1) is 0 Å². The van der Waals surface area contributed by atoms with E-state index in [1.165, 1.54) is 33.3 Å². The summed E-state index contributed by atoms with van der Waals surface area (Å²) in [5, 5.41) is 1.07. The Morgan fingerprint density at radius 2 is 1.05 bits per heavy atom. The zero-order chi connectivity index (χ0) is 31.4. The largest absolute Gasteiger partial charge is 0.339 e. The number of rotatable bonds is 8. The van der Waals surface area contributed by atoms with Crippen molar-refractivity contribution in [2.24, 2.45) is 0 Å². The molecule has 0 bridgehead atoms. The molecule has 0 atom stereocenters. The molecule has 4 amide bonds. The molecule has 0 N–H and O–H groups in total. The molecule has 0 spiro atoms. The molecule has 8 nitrogen and oxygen atoms in total. The Balaban J connectivity index is 1.07. The van der Waals surface area contributed by atoms with Crippen LogP contribution < -0.4 is 0 Å². The molecule has 3 saturated heterocycles. The van der Waals surface area contributed by atoms with Crippen LogP contribution in [0.15, 0.2) is 58.3 Å². The van der Waals surface area contributed by atoms with Crippen LogP contribution in [0.4, 0.5) is 0 Å². The third kappa shape index (κ3) is 7.55. The van der Waals surface area contributed by atoms with Gasteiger partial charge in [-0.05, 0) is 35.4 Å². The molecule has 5 rings (SSSR count). The summed E-state index contributed by atoms with van der Waals surface area (Å²) < 4.78 is 0.801. The fraction of sp³-hybridized carbons (Fsp3) is 0.267. The van der Waals surface area contributed by atoms with Crippen LogP contribution in [-0.2, 0) is 19.2 Å². The van der Waals surface area contributed by atoms with Gasteiger partial charge >= 0.3 is 0 Å². The Hall–Kier alpha value is -2.74. The molecule has 3 fully saturated rings. The van der Waals surface area contributed by atoms with Crippen molar-refractivity contribution in [3.05, 3.63) is 79.5 Å². The standard InChI is InChI=1S/C30H26Cl2N4O4S4/c31-21-7-3-1-5-19(21)17-23-27(39)35(29(41)43-23)11-9-25(37)33-13-15-34(16-14-33)26(38)10-12-36-28(40)24(44-30(36)42)18-20-6-2-4-8-22(20)32/h1-8,17-18H,9-16H2/b23-17-,24-18+. The molecule has 0 radical (unpaired) electrons. The number of benzene rings is 2. The third-order valence-electron chi connectivity index (χ3n) is 7.21. The lowest BCUT2D eigenvalue weighted by atomic mass is 10.2. The van der Waals surface area contributed by atoms with E-state index < -0.39 is 0 Å². The lowest BCUT2D eigenvalue weighted by Gasteiger charge is -2.35. The SMILES string of the molecule is O=C(CCN1C(=O)/C(=C/c2ccccc2Cl)SC1=S)N1CCN(C(=O)CCN2C(=O)/C(=C\c3ccccc3Cl)SC2=S)CC1. The number of hydrogen-bond acceptors (Lipinski definition) is 8. The molecule has 0 unspecified atom stereocenters. The molecule has 2 aromatic rings. The monoisotopic (exact) mass is 704 g/mol. The summed E-state index contributed by atoms with van der Waals surface area (Å²) in [6, 6.07) is 14.4. The van der Waals surface area contributed by atoms with Crippen molar-refractivity contribution in [1.82, 2.24) is 19.6 Å². The quantitative estimate of drug-likeness (QED) is 0.262. The Morgan fingerprint density at radius 3 is 1.41 bits per heavy atom. The van der Waals surface area contributed by atoms with Crippen molar-refractivity contribution in [2.45, 2.75) is 12.8 Å². The van der Waals surface area contributed by atoms with Gasteiger partial charge in [-0.2, -0.15) is 0 Å². The lowest BCUT2D eigenvalue weighted by molar-refractivity contribution is -0.140. The summed E-state index contributed by atoms with van der Waals surface area (Å²) in [6.45, 7) is 1.90. The molecule has 14 heteroatoms. The Labute approximate surface area is 284 Å². The van der Waals surface area contributed by atoms with Gasteiger partial charge in [0, 0.05) is 62.2 Å². The van der Waals surface area contributed by atoms with Crippen molar-refractivity contribution in [3.8, 4) is 0 Å². The van der Waals surface area contributed by atoms with E-state index in [0.717, 1.165) is 11.1 Å². The van der Waals surface area contributed by atoms with E-state index in [4.69, 9.17) is 47.6 Å². The number of piperazine rings is 1. The van der Waals surface area contributed by atoms with Crippen molar-refractivity contribution < 1.29 is 19.2 Å². The molecule has 0 aliphatic carbocycles. The normalized spacial score (nSPS) is 19.2. The molecule has 3 aliphatic heterocycles. The Kier molecular flexibility index (Phi) is 10.8. The maximum atomic E-state index is 12.9. The third-order valence-corrected chi connectivity index (χ3v) is 10.7. The molecule has 0 aromatic heterocycles. The predicted molar refractivity (Wildman–Crippen MR) is 185 cm³/mol. The predicted octanol–water partition coefficient (Wildman–Crippen LogP) is 5.55. The van der Waals surface area contributed by atoms with Crippen LogP contribution in [0.3, 0.4) is 0 Å². The fourth-order valence-corrected chi connectivity index (χ4v) is 7.77. The first-order valence-electron chi connectivity index (χ1n) is 13.7. The van der Waals surface area contributed by atoms with Gasteiger partial charge in [0.15, 0.2) is 0 Å². The Bertz CT molecular complexity index is 1490. The van der Waals surface area contributed by atoms with E-state index in [9.17, 15) is 19.2 Å². The highest BCUT2D eigenvalue weighted by Gasteiger charge is 2.34. The smallest absolute Gasteiger partial charge is 0.266 e. The van der Waals surface area contributed by atoms with Crippen molar-refractivity contribution >= 4 is 116 Å². The Morgan fingerprint density at radius 1 is 0.682 bits per heavy atom. The average molecular weight is 706 g/mol. The zero-order valence-electron chi connectivity index (χ0n) is 23.2. The molecular formula is C30H26Cl2N4O4S4. The second-order valence-corrected chi connectivity index (χ2v) is 14.1. The first-order chi connectivity index (χ1) is 21.1. The van der Waals surface area contributed by atoms with E-state index >= 15 is 0 Å². The van der Waals surface area contributed by atoms with Crippen LogP contribution >= 0.6 is 71.2 Å². The number of hydrogen-bond donors (Lipinski definition) is 0. The van der Waals surface area contributed by atoms with Crippen LogP contribution in [-0.4, -0.2) is 91.1 Å². The van der Waals surface area contributed by atoms with Crippen LogP contribution in [0.25, 0.3) is 12.2 Å². The average Bonchev–Trinajstić information content (AvgIpc) is 3.44. The molecule has 0 saturated carbocycles. The molecule has 3 heterocycles. The van der Waals surface area contributed by atoms with Gasteiger partial charge in [0.2, 0.25) is 11.8 Å². The van der Waals surface area contributed by atoms with Crippen LogP contribution in [0.1, 0.15) is 24.0 Å². The molecular weight excluding hydrogens is 680 g/mol. The maximum absolute atomic E-state index is 12.9. The topological polar surface area (TPSA) is 81.2 Å². The molecule has 3 aliphatic rings. The van der Waals surface area contributed by atoms with Gasteiger partial charge in [-0.3, -0.25) is 29.0 Å². The zero-order valence-corrected chi connectivity index (χ0v) is 28.0. The number of carbonyl (C=O) groups excluding carboxylic acids is 4. The van der Waals surface area contributed by atoms with Crippen LogP contribution in [0.5, 0.6) is 0 Å². The van der Waals surface area contributed by atoms with E-state index in [1.807, 2.05) is 36.4 Å². The summed E-state index contributed by atoms with van der Waals surface area (Å²) in [7, 11) is 0. The number of amides is 4. The maximum Gasteiger partial charge on any atom is 0.266 e. The van der Waals surface area contributed by atoms with E-state index in [1.54, 1.807) is 34.1 Å². The number of thioether (sulfide) groups is 2. The minimum absolute atomic E-state index is 0.107. The first-order valence-corrected chi connectivity index (χ1v) is 16.9. The second kappa shape index (κ2) is 14.6. The first kappa shape index (κ1) is 32.6. The summed E-state index contributed by atoms with van der Waals surface area (Å²) in [4.78, 5) is 59.0. The number of nitrogens with zero attached hydrogens (tertiary/aromatic N) is 4. The lowest BCUT2D eigenvalue weighted by Crippen LogP contribution is -2.51. The van der Waals surface area contributed by atoms with Gasteiger partial charge in [-0.25, -0.2) is 0 Å². The van der Waals surface area contributed by atoms with Crippen molar-refractivity contribution in [1.29, 1.82) is 0 Å². The minimum Gasteiger partial charge on any atom is -0.339 e. The summed E-state index contributed by atoms with van der Waals surface area (Å²) in [5.74, 6) is -0.707. The highest BCUT2D eigenvalue weighted by Crippen LogP contribution is 2.35. The van der Waals surface area contributed by atoms with Crippen molar-refractivity contribution in [3.63, 3.8) is 0 Å². The highest BCUT2D eigenvalue weighted by molar-refractivity contribution is 8.27. The van der Waals surface area contributed by atoms with Gasteiger partial charge in [0.25, 0.3) is 11.8 Å². The molecule has 228 valence electrons. The van der Waals surface area contributed by atoms with E-state index in [2.05, 4.69) is 0 Å². The summed E-state index contributed by atoms with van der Waals surface area (Å²) in [6.07, 6.45) is 3.66. The van der Waals surface area contributed by atoms with Crippen molar-refractivity contribution in [2.75, 3.05) is 39.3 Å². The summed E-state index contributed by atoms with van der Waals surface area (Å²) in [5.41, 5.74) is 1.45. The van der Waals surface area contributed by atoms with Gasteiger partial charge in [0.05, 0.1) is 9.81 Å².